The van der Waals surface area contributed by atoms with E-state index in [0.717, 1.165) is 5.56 Å². The van der Waals surface area contributed by atoms with E-state index in [1.54, 1.807) is 24.3 Å². The maximum atomic E-state index is 11.5. The number of anilines is 1. The van der Waals surface area contributed by atoms with Crippen LogP contribution in [0.4, 0.5) is 5.69 Å². The van der Waals surface area contributed by atoms with Gasteiger partial charge in [-0.3, -0.25) is 14.5 Å². The molecule has 1 aliphatic heterocycles. The maximum Gasteiger partial charge on any atom is 0.234 e. The standard InChI is InChI=1S/C12H13N3O3/c13-10(14-18)7-8-1-3-9(4-2-8)15-11(16)5-6-12(15)17/h1-4,18H,5-7H2,(H2,13,14). The molecule has 2 amide bonds. The molecule has 0 radical (unpaired) electrons. The van der Waals surface area contributed by atoms with Crippen LogP contribution < -0.4 is 10.6 Å². The normalized spacial score (nSPS) is 16.4. The second kappa shape index (κ2) is 4.87. The van der Waals surface area contributed by atoms with Crippen LogP contribution in [0.5, 0.6) is 0 Å². The number of nitrogens with zero attached hydrogens (tertiary/aromatic N) is 2. The van der Waals surface area contributed by atoms with Gasteiger partial charge in [-0.2, -0.15) is 0 Å². The Morgan fingerprint density at radius 2 is 1.78 bits per heavy atom. The summed E-state index contributed by atoms with van der Waals surface area (Å²) in [5, 5.41) is 11.3. The Labute approximate surface area is 104 Å². The van der Waals surface area contributed by atoms with Gasteiger partial charge in [-0.1, -0.05) is 17.3 Å². The number of hydrogen-bond donors (Lipinski definition) is 2. The molecule has 1 aromatic rings. The van der Waals surface area contributed by atoms with Crippen molar-refractivity contribution in [3.8, 4) is 0 Å². The van der Waals surface area contributed by atoms with Gasteiger partial charge in [0.15, 0.2) is 0 Å². The average Bonchev–Trinajstić information content (AvgIpc) is 2.70. The van der Waals surface area contributed by atoms with Gasteiger partial charge in [0.2, 0.25) is 11.8 Å². The van der Waals surface area contributed by atoms with Crippen molar-refractivity contribution < 1.29 is 14.8 Å². The van der Waals surface area contributed by atoms with Gasteiger partial charge in [0.05, 0.1) is 5.69 Å². The van der Waals surface area contributed by atoms with Crippen molar-refractivity contribution in [2.45, 2.75) is 19.3 Å². The molecule has 0 aliphatic carbocycles. The van der Waals surface area contributed by atoms with Crippen molar-refractivity contribution in [1.82, 2.24) is 0 Å². The fourth-order valence-corrected chi connectivity index (χ4v) is 1.87. The molecule has 0 aromatic heterocycles. The van der Waals surface area contributed by atoms with E-state index in [-0.39, 0.29) is 30.5 Å². The van der Waals surface area contributed by atoms with Gasteiger partial charge in [-0.25, -0.2) is 0 Å². The van der Waals surface area contributed by atoms with Crippen LogP contribution in [-0.4, -0.2) is 22.9 Å². The van der Waals surface area contributed by atoms with Crippen LogP contribution in [0.2, 0.25) is 0 Å². The lowest BCUT2D eigenvalue weighted by Crippen LogP contribution is -2.28. The van der Waals surface area contributed by atoms with Crippen molar-refractivity contribution in [1.29, 1.82) is 0 Å². The second-order valence-electron chi connectivity index (χ2n) is 4.06. The highest BCUT2D eigenvalue weighted by molar-refractivity contribution is 6.19. The van der Waals surface area contributed by atoms with Gasteiger partial charge in [-0.05, 0) is 17.7 Å². The molecule has 6 heteroatoms. The first-order chi connectivity index (χ1) is 8.61. The van der Waals surface area contributed by atoms with Gasteiger partial charge >= 0.3 is 0 Å². The van der Waals surface area contributed by atoms with Crippen molar-refractivity contribution in [2.75, 3.05) is 4.90 Å². The molecule has 2 rings (SSSR count). The lowest BCUT2D eigenvalue weighted by Gasteiger charge is -2.14. The van der Waals surface area contributed by atoms with E-state index in [2.05, 4.69) is 5.16 Å². The van der Waals surface area contributed by atoms with Crippen molar-refractivity contribution >= 4 is 23.3 Å². The second-order valence-corrected chi connectivity index (χ2v) is 4.06. The quantitative estimate of drug-likeness (QED) is 0.269. The number of carbonyl (C=O) groups is 2. The lowest BCUT2D eigenvalue weighted by molar-refractivity contribution is -0.121. The third-order valence-corrected chi connectivity index (χ3v) is 2.76. The summed E-state index contributed by atoms with van der Waals surface area (Å²) in [4.78, 5) is 24.2. The van der Waals surface area contributed by atoms with Gasteiger partial charge in [0.1, 0.15) is 5.84 Å². The lowest BCUT2D eigenvalue weighted by atomic mass is 10.1. The highest BCUT2D eigenvalue weighted by atomic mass is 16.4. The fourth-order valence-electron chi connectivity index (χ4n) is 1.87. The topological polar surface area (TPSA) is 96.0 Å². The highest BCUT2D eigenvalue weighted by Crippen LogP contribution is 2.22. The third-order valence-electron chi connectivity index (χ3n) is 2.76. The molecule has 0 saturated carbocycles. The Morgan fingerprint density at radius 3 is 2.28 bits per heavy atom. The Bertz CT molecular complexity index is 492. The van der Waals surface area contributed by atoms with E-state index < -0.39 is 0 Å². The molecule has 3 N–H and O–H groups in total. The minimum absolute atomic E-state index is 0.107. The summed E-state index contributed by atoms with van der Waals surface area (Å²) in [6, 6.07) is 6.85. The van der Waals surface area contributed by atoms with Crippen LogP contribution in [0.3, 0.4) is 0 Å². The Hall–Kier alpha value is -2.37. The summed E-state index contributed by atoms with van der Waals surface area (Å²) in [7, 11) is 0. The molecule has 1 aromatic carbocycles. The van der Waals surface area contributed by atoms with E-state index in [9.17, 15) is 9.59 Å². The summed E-state index contributed by atoms with van der Waals surface area (Å²) in [5.41, 5.74) is 6.79. The largest absolute Gasteiger partial charge is 0.409 e. The van der Waals surface area contributed by atoms with E-state index in [1.165, 1.54) is 4.90 Å². The number of amidine groups is 1. The van der Waals surface area contributed by atoms with Gasteiger partial charge in [0.25, 0.3) is 0 Å². The van der Waals surface area contributed by atoms with Crippen molar-refractivity contribution in [3.05, 3.63) is 29.8 Å². The first-order valence-electron chi connectivity index (χ1n) is 5.53. The average molecular weight is 247 g/mol. The number of imide groups is 1. The first-order valence-corrected chi connectivity index (χ1v) is 5.53. The number of amides is 2. The molecule has 1 aliphatic rings. The predicted octanol–water partition coefficient (Wildman–Crippen LogP) is 0.629. The van der Waals surface area contributed by atoms with Gasteiger partial charge in [0, 0.05) is 19.3 Å². The molecule has 0 bridgehead atoms. The zero-order valence-electron chi connectivity index (χ0n) is 9.67. The molecule has 18 heavy (non-hydrogen) atoms. The van der Waals surface area contributed by atoms with Crippen molar-refractivity contribution in [2.24, 2.45) is 10.9 Å². The monoisotopic (exact) mass is 247 g/mol. The molecule has 1 heterocycles. The number of hydrogen-bond acceptors (Lipinski definition) is 4. The maximum absolute atomic E-state index is 11.5. The van der Waals surface area contributed by atoms with E-state index in [1.807, 2.05) is 0 Å². The van der Waals surface area contributed by atoms with E-state index in [0.29, 0.717) is 12.1 Å². The number of nitrogens with two attached hydrogens (primary N) is 1. The molecule has 1 saturated heterocycles. The number of benzene rings is 1. The van der Waals surface area contributed by atoms with Gasteiger partial charge < -0.3 is 10.9 Å². The Kier molecular flexibility index (Phi) is 3.27. The molecule has 6 nitrogen and oxygen atoms in total. The van der Waals surface area contributed by atoms with E-state index >= 15 is 0 Å². The van der Waals surface area contributed by atoms with Crippen LogP contribution >= 0.6 is 0 Å². The molecule has 0 spiro atoms. The Morgan fingerprint density at radius 1 is 1.22 bits per heavy atom. The van der Waals surface area contributed by atoms with Gasteiger partial charge in [-0.15, -0.1) is 0 Å². The molecular formula is C12H13N3O3. The summed E-state index contributed by atoms with van der Waals surface area (Å²) >= 11 is 0. The van der Waals surface area contributed by atoms with Crippen LogP contribution in [0.15, 0.2) is 29.4 Å². The summed E-state index contributed by atoms with van der Waals surface area (Å²) in [6.45, 7) is 0. The van der Waals surface area contributed by atoms with Crippen molar-refractivity contribution in [3.63, 3.8) is 0 Å². The van der Waals surface area contributed by atoms with Crippen LogP contribution in [-0.2, 0) is 16.0 Å². The predicted molar refractivity (Wildman–Crippen MR) is 65.3 cm³/mol. The molecule has 0 atom stereocenters. The number of rotatable bonds is 3. The SMILES string of the molecule is N/C(Cc1ccc(N2C(=O)CCC2=O)cc1)=N/O. The summed E-state index contributed by atoms with van der Waals surface area (Å²) in [6.07, 6.45) is 0.855. The minimum atomic E-state index is -0.177. The fraction of sp³-hybridized carbons (Fsp3) is 0.250. The number of oxime groups is 1. The van der Waals surface area contributed by atoms with Crippen LogP contribution in [0.25, 0.3) is 0 Å². The Balaban J connectivity index is 2.17. The third kappa shape index (κ3) is 2.32. The highest BCUT2D eigenvalue weighted by Gasteiger charge is 2.29. The zero-order valence-corrected chi connectivity index (χ0v) is 9.67. The minimum Gasteiger partial charge on any atom is -0.409 e. The summed E-state index contributed by atoms with van der Waals surface area (Å²) < 4.78 is 0. The molecule has 0 unspecified atom stereocenters. The van der Waals surface area contributed by atoms with Crippen LogP contribution in [0.1, 0.15) is 18.4 Å². The number of carbonyl (C=O) groups excluding carboxylic acids is 2. The van der Waals surface area contributed by atoms with E-state index in [4.69, 9.17) is 10.9 Å². The molecular weight excluding hydrogens is 234 g/mol. The molecule has 94 valence electrons. The summed E-state index contributed by atoms with van der Waals surface area (Å²) in [5.74, 6) is -0.246. The first kappa shape index (κ1) is 12.1. The van der Waals surface area contributed by atoms with Crippen LogP contribution in [0, 0.1) is 0 Å². The smallest absolute Gasteiger partial charge is 0.234 e. The zero-order chi connectivity index (χ0) is 13.1. The molecule has 1 fully saturated rings.